The van der Waals surface area contributed by atoms with Gasteiger partial charge in [0.1, 0.15) is 11.4 Å². The molecule has 4 atom stereocenters. The molecular weight excluding hydrogens is 282 g/mol. The molecular formula is C17H21NO4. The standard InChI is InChI=1S/C17H21NO4/c1-3-10(19)7-16-8-13-17(16,22)12(18(13)2)6-9-4-5-11(20)15(21)14(9)16/h4-5,12-13,20-22H,3,6-8H2,1-2H3/t12-,13?,16+,17+/m1/s1. The predicted molar refractivity (Wildman–Crippen MR) is 80.0 cm³/mol. The first-order chi connectivity index (χ1) is 10.4. The van der Waals surface area contributed by atoms with E-state index in [9.17, 15) is 20.1 Å². The van der Waals surface area contributed by atoms with Crippen molar-refractivity contribution >= 4 is 5.78 Å². The van der Waals surface area contributed by atoms with Crippen LogP contribution in [0.4, 0.5) is 0 Å². The number of phenols is 2. The molecule has 1 aliphatic heterocycles. The van der Waals surface area contributed by atoms with Gasteiger partial charge in [-0.05, 0) is 31.5 Å². The third kappa shape index (κ3) is 1.27. The van der Waals surface area contributed by atoms with Crippen molar-refractivity contribution in [3.8, 4) is 11.5 Å². The summed E-state index contributed by atoms with van der Waals surface area (Å²) in [4.78, 5) is 14.3. The zero-order chi connectivity index (χ0) is 15.9. The second kappa shape index (κ2) is 4.03. The summed E-state index contributed by atoms with van der Waals surface area (Å²) >= 11 is 0. The zero-order valence-electron chi connectivity index (χ0n) is 12.8. The van der Waals surface area contributed by atoms with E-state index < -0.39 is 11.0 Å². The van der Waals surface area contributed by atoms with Gasteiger partial charge in [-0.3, -0.25) is 9.69 Å². The summed E-state index contributed by atoms with van der Waals surface area (Å²) < 4.78 is 0. The van der Waals surface area contributed by atoms with Crippen LogP contribution in [0.3, 0.4) is 0 Å². The third-order valence-corrected chi connectivity index (χ3v) is 6.34. The Kier molecular flexibility index (Phi) is 2.57. The number of aromatic hydroxyl groups is 2. The number of carbonyl (C=O) groups is 1. The predicted octanol–water partition coefficient (Wildman–Crippen LogP) is 1.08. The lowest BCUT2D eigenvalue weighted by molar-refractivity contribution is -0.306. The molecule has 5 heteroatoms. The number of hydrogen-bond donors (Lipinski definition) is 3. The van der Waals surface area contributed by atoms with Crippen molar-refractivity contribution in [2.24, 2.45) is 0 Å². The van der Waals surface area contributed by atoms with Gasteiger partial charge in [0.15, 0.2) is 11.5 Å². The van der Waals surface area contributed by atoms with Gasteiger partial charge in [-0.2, -0.15) is 0 Å². The van der Waals surface area contributed by atoms with Gasteiger partial charge in [-0.1, -0.05) is 13.0 Å². The molecule has 1 saturated carbocycles. The molecule has 0 aromatic heterocycles. The SMILES string of the molecule is CCC(=O)C[C@]12CC3N(C)[C@H](Cc4ccc(O)c(O)c41)[C@]32O. The normalized spacial score (nSPS) is 38.5. The zero-order valence-corrected chi connectivity index (χ0v) is 12.8. The number of phenolic OH excluding ortho intramolecular Hbond substituents is 2. The van der Waals surface area contributed by atoms with Crippen LogP contribution in [0.1, 0.15) is 37.3 Å². The largest absolute Gasteiger partial charge is 0.504 e. The maximum Gasteiger partial charge on any atom is 0.161 e. The number of carbonyl (C=O) groups excluding carboxylic acids is 1. The number of hydrogen-bond acceptors (Lipinski definition) is 5. The summed E-state index contributed by atoms with van der Waals surface area (Å²) in [5.41, 5.74) is -0.195. The van der Waals surface area contributed by atoms with Crippen LogP contribution in [0, 0.1) is 0 Å². The van der Waals surface area contributed by atoms with Crippen molar-refractivity contribution in [3.05, 3.63) is 23.3 Å². The fraction of sp³-hybridized carbons (Fsp3) is 0.588. The monoisotopic (exact) mass is 303 g/mol. The van der Waals surface area contributed by atoms with Gasteiger partial charge in [0.25, 0.3) is 0 Å². The van der Waals surface area contributed by atoms with E-state index in [1.165, 1.54) is 6.07 Å². The summed E-state index contributed by atoms with van der Waals surface area (Å²) in [5.74, 6) is -0.266. The Morgan fingerprint density at radius 3 is 2.77 bits per heavy atom. The number of likely N-dealkylation sites (N-methyl/N-ethyl adjacent to an activating group) is 1. The number of ketones is 1. The summed E-state index contributed by atoms with van der Waals surface area (Å²) in [7, 11) is 2.00. The quantitative estimate of drug-likeness (QED) is 0.728. The van der Waals surface area contributed by atoms with Crippen LogP contribution in [0.2, 0.25) is 0 Å². The van der Waals surface area contributed by atoms with Gasteiger partial charge in [0.05, 0.1) is 0 Å². The Morgan fingerprint density at radius 1 is 1.36 bits per heavy atom. The number of piperidine rings is 1. The fourth-order valence-electron chi connectivity index (χ4n) is 5.18. The number of fused-ring (bicyclic) bond motifs is 2. The van der Waals surface area contributed by atoms with Crippen LogP contribution >= 0.6 is 0 Å². The van der Waals surface area contributed by atoms with Gasteiger partial charge in [0.2, 0.25) is 0 Å². The Labute approximate surface area is 129 Å². The first kappa shape index (κ1) is 14.0. The number of likely N-dealkylation sites (tertiary alicyclic amines) is 1. The van der Waals surface area contributed by atoms with E-state index in [0.29, 0.717) is 24.8 Å². The van der Waals surface area contributed by atoms with Crippen molar-refractivity contribution in [1.82, 2.24) is 4.90 Å². The van der Waals surface area contributed by atoms with Gasteiger partial charge in [-0.15, -0.1) is 0 Å². The minimum Gasteiger partial charge on any atom is -0.504 e. The number of benzene rings is 1. The minimum atomic E-state index is -0.967. The molecule has 0 radical (unpaired) electrons. The Balaban J connectivity index is 1.92. The van der Waals surface area contributed by atoms with Crippen LogP contribution in [-0.2, 0) is 16.6 Å². The molecule has 1 aromatic carbocycles. The maximum atomic E-state index is 12.1. The van der Waals surface area contributed by atoms with Crippen molar-refractivity contribution in [2.45, 2.75) is 55.7 Å². The van der Waals surface area contributed by atoms with Gasteiger partial charge < -0.3 is 15.3 Å². The van der Waals surface area contributed by atoms with Crippen LogP contribution in [0.15, 0.2) is 12.1 Å². The van der Waals surface area contributed by atoms with Crippen LogP contribution in [0.5, 0.6) is 11.5 Å². The molecule has 0 spiro atoms. The Bertz CT molecular complexity index is 687. The van der Waals surface area contributed by atoms with E-state index in [0.717, 1.165) is 5.56 Å². The third-order valence-electron chi connectivity index (χ3n) is 6.34. The van der Waals surface area contributed by atoms with E-state index in [-0.39, 0.29) is 35.8 Å². The van der Waals surface area contributed by atoms with E-state index >= 15 is 0 Å². The molecule has 0 bridgehead atoms. The summed E-state index contributed by atoms with van der Waals surface area (Å²) in [6, 6.07) is 3.31. The molecule has 4 rings (SSSR count). The number of Topliss-reactive ketones (excluding diaryl/α,β-unsaturated/α-hetero) is 1. The lowest BCUT2D eigenvalue weighted by Crippen LogP contribution is -2.92. The van der Waals surface area contributed by atoms with Gasteiger partial charge in [0, 0.05) is 35.9 Å². The molecule has 1 heterocycles. The first-order valence-corrected chi connectivity index (χ1v) is 7.87. The average Bonchev–Trinajstić information content (AvgIpc) is 2.49. The van der Waals surface area contributed by atoms with Gasteiger partial charge >= 0.3 is 0 Å². The molecule has 2 fully saturated rings. The second-order valence-electron chi connectivity index (χ2n) is 7.05. The van der Waals surface area contributed by atoms with Crippen LogP contribution < -0.4 is 0 Å². The van der Waals surface area contributed by atoms with E-state index in [4.69, 9.17) is 0 Å². The highest BCUT2D eigenvalue weighted by Crippen LogP contribution is 2.69. The van der Waals surface area contributed by atoms with E-state index in [1.54, 1.807) is 0 Å². The molecule has 3 aliphatic rings. The summed E-state index contributed by atoms with van der Waals surface area (Å²) in [6.07, 6.45) is 1.92. The highest BCUT2D eigenvalue weighted by atomic mass is 16.3. The second-order valence-corrected chi connectivity index (χ2v) is 7.05. The van der Waals surface area contributed by atoms with Crippen molar-refractivity contribution in [2.75, 3.05) is 7.05 Å². The molecule has 2 aliphatic carbocycles. The van der Waals surface area contributed by atoms with Crippen molar-refractivity contribution in [3.63, 3.8) is 0 Å². The molecule has 1 unspecified atom stereocenters. The Hall–Kier alpha value is -1.59. The minimum absolute atomic E-state index is 0.0210. The summed E-state index contributed by atoms with van der Waals surface area (Å²) in [6.45, 7) is 1.82. The smallest absolute Gasteiger partial charge is 0.161 e. The van der Waals surface area contributed by atoms with E-state index in [2.05, 4.69) is 4.90 Å². The molecule has 1 aromatic rings. The molecule has 22 heavy (non-hydrogen) atoms. The average molecular weight is 303 g/mol. The Morgan fingerprint density at radius 2 is 2.09 bits per heavy atom. The first-order valence-electron chi connectivity index (χ1n) is 7.87. The molecule has 1 saturated heterocycles. The molecule has 5 nitrogen and oxygen atoms in total. The lowest BCUT2D eigenvalue weighted by Gasteiger charge is -2.78. The molecule has 118 valence electrons. The topological polar surface area (TPSA) is 81.0 Å². The summed E-state index contributed by atoms with van der Waals surface area (Å²) in [5, 5.41) is 31.6. The molecule has 0 amide bonds. The van der Waals surface area contributed by atoms with Gasteiger partial charge in [-0.25, -0.2) is 0 Å². The lowest BCUT2D eigenvalue weighted by atomic mass is 9.38. The maximum absolute atomic E-state index is 12.1. The number of rotatable bonds is 3. The fourth-order valence-corrected chi connectivity index (χ4v) is 5.18. The van der Waals surface area contributed by atoms with Crippen LogP contribution in [0.25, 0.3) is 0 Å². The van der Waals surface area contributed by atoms with E-state index in [1.807, 2.05) is 20.0 Å². The number of nitrogens with zero attached hydrogens (tertiary/aromatic N) is 1. The van der Waals surface area contributed by atoms with Crippen molar-refractivity contribution < 1.29 is 20.1 Å². The van der Waals surface area contributed by atoms with Crippen molar-refractivity contribution in [1.29, 1.82) is 0 Å². The van der Waals surface area contributed by atoms with Crippen LogP contribution in [-0.4, -0.2) is 50.7 Å². The highest BCUT2D eigenvalue weighted by molar-refractivity contribution is 5.82. The molecule has 3 N–H and O–H groups in total. The number of aliphatic hydroxyl groups is 1. The highest BCUT2D eigenvalue weighted by Gasteiger charge is 2.79.